The summed E-state index contributed by atoms with van der Waals surface area (Å²) in [5.74, 6) is -1.76. The third-order valence-electron chi connectivity index (χ3n) is 2.37. The third kappa shape index (κ3) is 3.58. The summed E-state index contributed by atoms with van der Waals surface area (Å²) in [4.78, 5) is 13.2. The fourth-order valence-electron chi connectivity index (χ4n) is 1.53. The van der Waals surface area contributed by atoms with Crippen molar-refractivity contribution in [1.29, 1.82) is 0 Å². The van der Waals surface area contributed by atoms with E-state index in [2.05, 4.69) is 0 Å². The number of aromatic hydroxyl groups is 1. The molecule has 1 atom stereocenters. The Bertz CT molecular complexity index is 408. The standard InChI is InChI=1S/C12H15ClFNO3/c1-15(6-8(13)7-18-2)12(17)11-9(14)4-3-5-10(11)16/h3-5,8,16H,6-7H2,1-2H3. The van der Waals surface area contributed by atoms with Gasteiger partial charge in [0.2, 0.25) is 0 Å². The van der Waals surface area contributed by atoms with Gasteiger partial charge in [0.25, 0.3) is 5.91 Å². The maximum absolute atomic E-state index is 13.5. The van der Waals surface area contributed by atoms with Crippen LogP contribution in [0, 0.1) is 5.82 Å². The van der Waals surface area contributed by atoms with Gasteiger partial charge in [-0.3, -0.25) is 4.79 Å². The molecule has 0 spiro atoms. The number of nitrogens with zero attached hydrogens (tertiary/aromatic N) is 1. The lowest BCUT2D eigenvalue weighted by molar-refractivity contribution is 0.0774. The fourth-order valence-corrected chi connectivity index (χ4v) is 1.86. The monoisotopic (exact) mass is 275 g/mol. The lowest BCUT2D eigenvalue weighted by Gasteiger charge is -2.20. The van der Waals surface area contributed by atoms with Gasteiger partial charge in [0.1, 0.15) is 17.1 Å². The van der Waals surface area contributed by atoms with E-state index in [1.807, 2.05) is 0 Å². The SMILES string of the molecule is COCC(Cl)CN(C)C(=O)c1c(O)cccc1F. The molecule has 1 aromatic rings. The predicted molar refractivity (Wildman–Crippen MR) is 66.5 cm³/mol. The number of rotatable bonds is 5. The fraction of sp³-hybridized carbons (Fsp3) is 0.417. The van der Waals surface area contributed by atoms with Gasteiger partial charge >= 0.3 is 0 Å². The van der Waals surface area contributed by atoms with Crippen molar-refractivity contribution in [2.45, 2.75) is 5.38 Å². The average Bonchev–Trinajstić information content (AvgIpc) is 2.28. The van der Waals surface area contributed by atoms with E-state index in [9.17, 15) is 14.3 Å². The van der Waals surface area contributed by atoms with Crippen LogP contribution in [0.5, 0.6) is 5.75 Å². The minimum Gasteiger partial charge on any atom is -0.507 e. The number of ether oxygens (including phenoxy) is 1. The number of methoxy groups -OCH3 is 1. The van der Waals surface area contributed by atoms with Crippen molar-refractivity contribution >= 4 is 17.5 Å². The van der Waals surface area contributed by atoms with Crippen molar-refractivity contribution in [3.05, 3.63) is 29.6 Å². The first-order valence-electron chi connectivity index (χ1n) is 5.33. The molecule has 0 saturated carbocycles. The Balaban J connectivity index is 2.81. The number of hydrogen-bond acceptors (Lipinski definition) is 3. The van der Waals surface area contributed by atoms with Gasteiger partial charge in [-0.2, -0.15) is 0 Å². The number of phenols is 1. The zero-order chi connectivity index (χ0) is 13.7. The van der Waals surface area contributed by atoms with Crippen molar-refractivity contribution in [3.63, 3.8) is 0 Å². The number of hydrogen-bond donors (Lipinski definition) is 1. The van der Waals surface area contributed by atoms with Crippen LogP contribution in [0.4, 0.5) is 4.39 Å². The molecule has 0 aliphatic carbocycles. The van der Waals surface area contributed by atoms with E-state index < -0.39 is 17.1 Å². The van der Waals surface area contributed by atoms with Gasteiger partial charge in [-0.1, -0.05) is 6.07 Å². The first kappa shape index (κ1) is 14.7. The number of carbonyl (C=O) groups excluding carboxylic acids is 1. The van der Waals surface area contributed by atoms with Crippen molar-refractivity contribution in [3.8, 4) is 5.75 Å². The van der Waals surface area contributed by atoms with Crippen LogP contribution in [0.15, 0.2) is 18.2 Å². The van der Waals surface area contributed by atoms with Crippen LogP contribution in [0.25, 0.3) is 0 Å². The number of phenolic OH excluding ortho intramolecular Hbond substituents is 1. The Morgan fingerprint density at radius 2 is 2.28 bits per heavy atom. The van der Waals surface area contributed by atoms with Crippen molar-refractivity contribution < 1.29 is 19.0 Å². The largest absolute Gasteiger partial charge is 0.507 e. The van der Waals surface area contributed by atoms with Crippen molar-refractivity contribution in [1.82, 2.24) is 4.90 Å². The molecule has 0 saturated heterocycles. The minimum absolute atomic E-state index is 0.196. The topological polar surface area (TPSA) is 49.8 Å². The van der Waals surface area contributed by atoms with Gasteiger partial charge in [0, 0.05) is 20.7 Å². The lowest BCUT2D eigenvalue weighted by atomic mass is 10.1. The number of amides is 1. The quantitative estimate of drug-likeness (QED) is 0.835. The smallest absolute Gasteiger partial charge is 0.260 e. The molecule has 1 aromatic carbocycles. The average molecular weight is 276 g/mol. The molecule has 6 heteroatoms. The summed E-state index contributed by atoms with van der Waals surface area (Å²) in [5.41, 5.74) is -0.346. The van der Waals surface area contributed by atoms with E-state index in [1.165, 1.54) is 31.2 Å². The minimum atomic E-state index is -0.760. The number of alkyl halides is 1. The molecule has 1 N–H and O–H groups in total. The highest BCUT2D eigenvalue weighted by molar-refractivity contribution is 6.21. The van der Waals surface area contributed by atoms with Crippen LogP contribution < -0.4 is 0 Å². The van der Waals surface area contributed by atoms with Crippen LogP contribution in [-0.2, 0) is 4.74 Å². The first-order chi connectivity index (χ1) is 8.47. The van der Waals surface area contributed by atoms with Crippen LogP contribution >= 0.6 is 11.6 Å². The number of halogens is 2. The van der Waals surface area contributed by atoms with Gasteiger partial charge in [-0.25, -0.2) is 4.39 Å². The van der Waals surface area contributed by atoms with Crippen LogP contribution in [0.2, 0.25) is 0 Å². The van der Waals surface area contributed by atoms with E-state index in [0.717, 1.165) is 6.07 Å². The van der Waals surface area contributed by atoms with Crippen molar-refractivity contribution in [2.75, 3.05) is 27.3 Å². The summed E-state index contributed by atoms with van der Waals surface area (Å²) in [7, 11) is 2.99. The second-order valence-electron chi connectivity index (χ2n) is 3.87. The summed E-state index contributed by atoms with van der Waals surface area (Å²) in [6, 6.07) is 3.71. The lowest BCUT2D eigenvalue weighted by Crippen LogP contribution is -2.34. The molecule has 0 bridgehead atoms. The third-order valence-corrected chi connectivity index (χ3v) is 2.64. The Morgan fingerprint density at radius 1 is 1.61 bits per heavy atom. The molecular formula is C12H15ClFNO3. The second kappa shape index (κ2) is 6.56. The van der Waals surface area contributed by atoms with E-state index in [0.29, 0.717) is 0 Å². The Labute approximate surface area is 110 Å². The van der Waals surface area contributed by atoms with Crippen LogP contribution in [0.1, 0.15) is 10.4 Å². The summed E-state index contributed by atoms with van der Waals surface area (Å²) >= 11 is 5.91. The Hall–Kier alpha value is -1.33. The van der Waals surface area contributed by atoms with Gasteiger partial charge in [0.15, 0.2) is 0 Å². The summed E-state index contributed by atoms with van der Waals surface area (Å²) in [6.45, 7) is 0.477. The molecule has 0 radical (unpaired) electrons. The maximum Gasteiger partial charge on any atom is 0.260 e. The summed E-state index contributed by atoms with van der Waals surface area (Å²) in [5, 5.41) is 9.11. The molecule has 1 rings (SSSR count). The van der Waals surface area contributed by atoms with E-state index in [1.54, 1.807) is 0 Å². The zero-order valence-electron chi connectivity index (χ0n) is 10.2. The van der Waals surface area contributed by atoms with Gasteiger partial charge in [-0.15, -0.1) is 11.6 Å². The first-order valence-corrected chi connectivity index (χ1v) is 5.77. The molecule has 18 heavy (non-hydrogen) atoms. The van der Waals surface area contributed by atoms with Gasteiger partial charge < -0.3 is 14.7 Å². The molecule has 0 aliphatic heterocycles. The maximum atomic E-state index is 13.5. The normalized spacial score (nSPS) is 12.2. The highest BCUT2D eigenvalue weighted by Crippen LogP contribution is 2.21. The zero-order valence-corrected chi connectivity index (χ0v) is 10.9. The van der Waals surface area contributed by atoms with Crippen LogP contribution in [0.3, 0.4) is 0 Å². The summed E-state index contributed by atoms with van der Waals surface area (Å²) in [6.07, 6.45) is 0. The Morgan fingerprint density at radius 3 is 2.83 bits per heavy atom. The molecule has 0 aliphatic rings. The number of carbonyl (C=O) groups is 1. The molecule has 1 amide bonds. The molecule has 1 unspecified atom stereocenters. The predicted octanol–water partition coefficient (Wildman–Crippen LogP) is 1.86. The number of benzene rings is 1. The van der Waals surface area contributed by atoms with Gasteiger partial charge in [-0.05, 0) is 12.1 Å². The van der Waals surface area contributed by atoms with E-state index >= 15 is 0 Å². The molecule has 0 heterocycles. The molecule has 100 valence electrons. The highest BCUT2D eigenvalue weighted by atomic mass is 35.5. The molecular weight excluding hydrogens is 261 g/mol. The molecule has 0 aromatic heterocycles. The van der Waals surface area contributed by atoms with E-state index in [4.69, 9.17) is 16.3 Å². The highest BCUT2D eigenvalue weighted by Gasteiger charge is 2.21. The van der Waals surface area contributed by atoms with Gasteiger partial charge in [0.05, 0.1) is 12.0 Å². The Kier molecular flexibility index (Phi) is 5.37. The van der Waals surface area contributed by atoms with Crippen molar-refractivity contribution in [2.24, 2.45) is 0 Å². The second-order valence-corrected chi connectivity index (χ2v) is 4.49. The molecule has 0 fully saturated rings. The molecule has 4 nitrogen and oxygen atoms in total. The van der Waals surface area contributed by atoms with E-state index in [-0.39, 0.29) is 24.5 Å². The van der Waals surface area contributed by atoms with Crippen LogP contribution in [-0.4, -0.2) is 48.6 Å². The summed E-state index contributed by atoms with van der Waals surface area (Å²) < 4.78 is 18.3.